The second-order valence-electron chi connectivity index (χ2n) is 2.31. The first-order valence-electron chi connectivity index (χ1n) is 3.28. The molecule has 2 heteroatoms. The Kier molecular flexibility index (Phi) is 2.55. The minimum Gasteiger partial charge on any atom is -0.876 e. The number of hydrogen-bond donors (Lipinski definition) is 0. The lowest BCUT2D eigenvalue weighted by Crippen LogP contribution is -2.04. The molecule has 1 aromatic rings. The van der Waals surface area contributed by atoms with Crippen molar-refractivity contribution < 1.29 is 5.11 Å². The quantitative estimate of drug-likeness (QED) is 0.616. The van der Waals surface area contributed by atoms with E-state index in [1.165, 1.54) is 0 Å². The van der Waals surface area contributed by atoms with Gasteiger partial charge in [-0.15, -0.1) is 12.3 Å². The predicted octanol–water partition coefficient (Wildman–Crippen LogP) is 1.76. The minimum atomic E-state index is -0.113. The van der Waals surface area contributed by atoms with Gasteiger partial charge in [0.1, 0.15) is 0 Å². The maximum Gasteiger partial charge on any atom is 0.0440 e. The highest BCUT2D eigenvalue weighted by molar-refractivity contribution is 6.31. The van der Waals surface area contributed by atoms with Crippen LogP contribution in [0.5, 0.6) is 0 Å². The molecule has 0 amide bonds. The molecule has 0 spiro atoms. The zero-order valence-electron chi connectivity index (χ0n) is 6.01. The first-order valence-corrected chi connectivity index (χ1v) is 3.66. The van der Waals surface area contributed by atoms with Crippen LogP contribution in [0.15, 0.2) is 36.6 Å². The van der Waals surface area contributed by atoms with Crippen LogP contribution in [0.1, 0.15) is 5.56 Å². The first kappa shape index (κ1) is 8.15. The monoisotopic (exact) mass is 167 g/mol. The Bertz CT molecular complexity index is 268. The topological polar surface area (TPSA) is 23.1 Å². The van der Waals surface area contributed by atoms with Crippen LogP contribution in [0.3, 0.4) is 0 Å². The summed E-state index contributed by atoms with van der Waals surface area (Å²) in [6.07, 6.45) is 0.319. The molecule has 0 atom stereocenters. The van der Waals surface area contributed by atoms with E-state index in [1.54, 1.807) is 6.07 Å². The molecule has 0 heterocycles. The molecule has 58 valence electrons. The normalized spacial score (nSPS) is 9.55. The molecule has 0 aliphatic rings. The molecule has 0 fully saturated rings. The highest BCUT2D eigenvalue weighted by Gasteiger charge is 1.94. The molecule has 0 unspecified atom stereocenters. The van der Waals surface area contributed by atoms with E-state index >= 15 is 0 Å². The maximum absolute atomic E-state index is 10.6. The minimum absolute atomic E-state index is 0.113. The fourth-order valence-electron chi connectivity index (χ4n) is 0.854. The summed E-state index contributed by atoms with van der Waals surface area (Å²) in [5, 5.41) is 11.2. The van der Waals surface area contributed by atoms with Gasteiger partial charge in [0.2, 0.25) is 0 Å². The Morgan fingerprint density at radius 3 is 2.64 bits per heavy atom. The summed E-state index contributed by atoms with van der Waals surface area (Å²) >= 11 is 5.79. The van der Waals surface area contributed by atoms with Crippen LogP contribution in [0.25, 0.3) is 0 Å². The lowest BCUT2D eigenvalue weighted by molar-refractivity contribution is -0.304. The Labute approximate surface area is 70.9 Å². The van der Waals surface area contributed by atoms with Crippen molar-refractivity contribution in [1.82, 2.24) is 0 Å². The van der Waals surface area contributed by atoms with Crippen molar-refractivity contribution in [2.24, 2.45) is 0 Å². The van der Waals surface area contributed by atoms with Gasteiger partial charge in [0.15, 0.2) is 0 Å². The van der Waals surface area contributed by atoms with Crippen molar-refractivity contribution >= 4 is 11.6 Å². The van der Waals surface area contributed by atoms with Gasteiger partial charge >= 0.3 is 0 Å². The summed E-state index contributed by atoms with van der Waals surface area (Å²) < 4.78 is 0. The molecular weight excluding hydrogens is 160 g/mol. The van der Waals surface area contributed by atoms with Crippen LogP contribution in [0, 0.1) is 0 Å². The molecule has 0 aromatic heterocycles. The van der Waals surface area contributed by atoms with Crippen molar-refractivity contribution in [3.8, 4) is 0 Å². The van der Waals surface area contributed by atoms with E-state index in [0.717, 1.165) is 5.56 Å². The van der Waals surface area contributed by atoms with Gasteiger partial charge in [-0.2, -0.15) is 0 Å². The van der Waals surface area contributed by atoms with Gasteiger partial charge in [0.25, 0.3) is 0 Å². The Morgan fingerprint density at radius 2 is 2.09 bits per heavy atom. The van der Waals surface area contributed by atoms with Crippen LogP contribution < -0.4 is 5.11 Å². The van der Waals surface area contributed by atoms with E-state index in [-0.39, 0.29) is 5.76 Å². The average Bonchev–Trinajstić information content (AvgIpc) is 1.93. The molecule has 0 bridgehead atoms. The zero-order chi connectivity index (χ0) is 8.27. The van der Waals surface area contributed by atoms with Gasteiger partial charge in [-0.1, -0.05) is 29.8 Å². The highest BCUT2D eigenvalue weighted by atomic mass is 35.5. The predicted molar refractivity (Wildman–Crippen MR) is 44.3 cm³/mol. The maximum atomic E-state index is 10.6. The summed E-state index contributed by atoms with van der Waals surface area (Å²) in [6.45, 7) is 3.28. The number of rotatable bonds is 2. The van der Waals surface area contributed by atoms with Crippen molar-refractivity contribution in [1.29, 1.82) is 0 Å². The van der Waals surface area contributed by atoms with E-state index in [9.17, 15) is 5.11 Å². The molecule has 0 saturated carbocycles. The van der Waals surface area contributed by atoms with Gasteiger partial charge in [0, 0.05) is 5.02 Å². The van der Waals surface area contributed by atoms with E-state index < -0.39 is 0 Å². The standard InChI is InChI=1S/C9H9ClO/c1-7(11)6-8-4-2-3-5-9(8)10/h2-5,11H,1,6H2/p-1. The van der Waals surface area contributed by atoms with Crippen molar-refractivity contribution in [2.45, 2.75) is 6.42 Å². The Balaban J connectivity index is 2.86. The second kappa shape index (κ2) is 3.44. The van der Waals surface area contributed by atoms with Crippen molar-refractivity contribution in [3.05, 3.63) is 47.2 Å². The summed E-state index contributed by atoms with van der Waals surface area (Å²) in [6, 6.07) is 7.27. The van der Waals surface area contributed by atoms with Crippen LogP contribution in [-0.2, 0) is 6.42 Å². The van der Waals surface area contributed by atoms with Gasteiger partial charge in [-0.25, -0.2) is 0 Å². The summed E-state index contributed by atoms with van der Waals surface area (Å²) in [5.74, 6) is -0.113. The first-order chi connectivity index (χ1) is 5.20. The number of halogens is 1. The fraction of sp³-hybridized carbons (Fsp3) is 0.111. The Hall–Kier alpha value is -0.950. The van der Waals surface area contributed by atoms with Gasteiger partial charge in [0.05, 0.1) is 0 Å². The molecule has 1 rings (SSSR count). The lowest BCUT2D eigenvalue weighted by Gasteiger charge is -2.09. The van der Waals surface area contributed by atoms with Crippen molar-refractivity contribution in [3.63, 3.8) is 0 Å². The smallest absolute Gasteiger partial charge is 0.0440 e. The van der Waals surface area contributed by atoms with Crippen LogP contribution in [-0.4, -0.2) is 0 Å². The number of benzene rings is 1. The largest absolute Gasteiger partial charge is 0.876 e. The van der Waals surface area contributed by atoms with Crippen molar-refractivity contribution in [2.75, 3.05) is 0 Å². The van der Waals surface area contributed by atoms with Gasteiger partial charge < -0.3 is 5.11 Å². The van der Waals surface area contributed by atoms with E-state index in [0.29, 0.717) is 11.4 Å². The SMILES string of the molecule is C=C([O-])Cc1ccccc1Cl. The molecule has 0 aliphatic carbocycles. The molecular formula is C9H8ClO-. The third-order valence-electron chi connectivity index (χ3n) is 1.35. The van der Waals surface area contributed by atoms with Crippen LogP contribution in [0.4, 0.5) is 0 Å². The lowest BCUT2D eigenvalue weighted by atomic mass is 10.1. The third kappa shape index (κ3) is 2.28. The number of allylic oxidation sites excluding steroid dienone is 1. The molecule has 11 heavy (non-hydrogen) atoms. The van der Waals surface area contributed by atoms with E-state index in [2.05, 4.69) is 6.58 Å². The van der Waals surface area contributed by atoms with E-state index in [4.69, 9.17) is 11.6 Å². The molecule has 1 aromatic carbocycles. The molecule has 0 aliphatic heterocycles. The van der Waals surface area contributed by atoms with Gasteiger partial charge in [-0.05, 0) is 18.1 Å². The van der Waals surface area contributed by atoms with E-state index in [1.807, 2.05) is 18.2 Å². The molecule has 1 nitrogen and oxygen atoms in total. The Morgan fingerprint density at radius 1 is 1.45 bits per heavy atom. The second-order valence-corrected chi connectivity index (χ2v) is 2.71. The summed E-state index contributed by atoms with van der Waals surface area (Å²) in [5.41, 5.74) is 0.842. The summed E-state index contributed by atoms with van der Waals surface area (Å²) in [4.78, 5) is 0. The molecule has 0 saturated heterocycles. The molecule has 0 N–H and O–H groups in total. The highest BCUT2D eigenvalue weighted by Crippen LogP contribution is 2.16. The van der Waals surface area contributed by atoms with Crippen LogP contribution >= 0.6 is 11.6 Å². The molecule has 0 radical (unpaired) electrons. The van der Waals surface area contributed by atoms with Gasteiger partial charge in [-0.3, -0.25) is 0 Å². The number of hydrogen-bond acceptors (Lipinski definition) is 1. The average molecular weight is 168 g/mol. The summed E-state index contributed by atoms with van der Waals surface area (Å²) in [7, 11) is 0. The van der Waals surface area contributed by atoms with Crippen LogP contribution in [0.2, 0.25) is 5.02 Å². The fourth-order valence-corrected chi connectivity index (χ4v) is 1.06. The zero-order valence-corrected chi connectivity index (χ0v) is 6.77. The third-order valence-corrected chi connectivity index (χ3v) is 1.71.